The Morgan fingerprint density at radius 3 is 2.87 bits per heavy atom. The zero-order valence-electron chi connectivity index (χ0n) is 13.7. The second kappa shape index (κ2) is 6.89. The molecule has 5 nitrogen and oxygen atoms in total. The quantitative estimate of drug-likeness (QED) is 0.766. The van der Waals surface area contributed by atoms with Crippen molar-refractivity contribution in [2.24, 2.45) is 0 Å². The summed E-state index contributed by atoms with van der Waals surface area (Å²) >= 11 is 0. The van der Waals surface area contributed by atoms with Crippen LogP contribution in [0.5, 0.6) is 5.75 Å². The fourth-order valence-corrected chi connectivity index (χ4v) is 3.87. The molecule has 23 heavy (non-hydrogen) atoms. The van der Waals surface area contributed by atoms with E-state index in [1.54, 1.807) is 7.11 Å². The summed E-state index contributed by atoms with van der Waals surface area (Å²) in [5, 5.41) is 15.7. The zero-order chi connectivity index (χ0) is 16.3. The molecular formula is C18H26N2O3. The number of β-amino-alcohol motifs (C(OH)–C–C–N with tert-alkyl or cyclic N) is 1. The molecule has 0 aromatic heterocycles. The van der Waals surface area contributed by atoms with Crippen molar-refractivity contribution in [1.82, 2.24) is 10.6 Å². The highest BCUT2D eigenvalue weighted by atomic mass is 16.5. The van der Waals surface area contributed by atoms with Crippen LogP contribution >= 0.6 is 0 Å². The van der Waals surface area contributed by atoms with Gasteiger partial charge in [0.15, 0.2) is 0 Å². The van der Waals surface area contributed by atoms with Crippen molar-refractivity contribution >= 4 is 5.91 Å². The van der Waals surface area contributed by atoms with Crippen LogP contribution in [0.4, 0.5) is 0 Å². The fourth-order valence-electron chi connectivity index (χ4n) is 3.87. The van der Waals surface area contributed by atoms with Crippen molar-refractivity contribution in [3.05, 3.63) is 29.8 Å². The third kappa shape index (κ3) is 3.51. The van der Waals surface area contributed by atoms with Gasteiger partial charge in [0.2, 0.25) is 5.91 Å². The van der Waals surface area contributed by atoms with Crippen LogP contribution in [0.3, 0.4) is 0 Å². The summed E-state index contributed by atoms with van der Waals surface area (Å²) in [5.41, 5.74) is 1.25. The Hall–Kier alpha value is -1.59. The first-order valence-electron chi connectivity index (χ1n) is 8.47. The molecule has 1 aliphatic heterocycles. The molecule has 1 saturated heterocycles. The van der Waals surface area contributed by atoms with Crippen LogP contribution in [0.25, 0.3) is 0 Å². The molecule has 5 heteroatoms. The minimum atomic E-state index is -0.412. The van der Waals surface area contributed by atoms with Crippen molar-refractivity contribution in [3.8, 4) is 5.75 Å². The standard InChI is InChI=1S/C18H26N2O3/c1-23-15-6-4-5-13(9-15)18(7-2-3-8-18)12-20-17(22)16-10-14(21)11-19-16/h4-6,9,14,16,19,21H,2-3,7-8,10-12H2,1H3,(H,20,22). The van der Waals surface area contributed by atoms with E-state index in [0.29, 0.717) is 19.5 Å². The average Bonchev–Trinajstić information content (AvgIpc) is 3.22. The summed E-state index contributed by atoms with van der Waals surface area (Å²) in [6.07, 6.45) is 4.63. The molecule has 0 radical (unpaired) electrons. The van der Waals surface area contributed by atoms with Gasteiger partial charge in [-0.2, -0.15) is 0 Å². The van der Waals surface area contributed by atoms with Crippen LogP contribution in [0.15, 0.2) is 24.3 Å². The van der Waals surface area contributed by atoms with E-state index < -0.39 is 6.10 Å². The van der Waals surface area contributed by atoms with Crippen molar-refractivity contribution in [3.63, 3.8) is 0 Å². The van der Waals surface area contributed by atoms with Gasteiger partial charge >= 0.3 is 0 Å². The van der Waals surface area contributed by atoms with Gasteiger partial charge in [-0.3, -0.25) is 4.79 Å². The van der Waals surface area contributed by atoms with Gasteiger partial charge in [0.05, 0.1) is 19.3 Å². The first-order chi connectivity index (χ1) is 11.1. The van der Waals surface area contributed by atoms with Crippen LogP contribution < -0.4 is 15.4 Å². The third-order valence-corrected chi connectivity index (χ3v) is 5.27. The van der Waals surface area contributed by atoms with E-state index >= 15 is 0 Å². The number of carbonyl (C=O) groups excluding carboxylic acids is 1. The SMILES string of the molecule is COc1cccc(C2(CNC(=O)C3CC(O)CN3)CCCC2)c1. The van der Waals surface area contributed by atoms with Crippen LogP contribution in [0.2, 0.25) is 0 Å². The molecule has 1 amide bonds. The highest BCUT2D eigenvalue weighted by molar-refractivity contribution is 5.82. The molecule has 2 atom stereocenters. The Morgan fingerprint density at radius 2 is 2.22 bits per heavy atom. The number of amides is 1. The molecule has 1 heterocycles. The van der Waals surface area contributed by atoms with E-state index in [9.17, 15) is 9.90 Å². The van der Waals surface area contributed by atoms with Crippen molar-refractivity contribution in [2.75, 3.05) is 20.2 Å². The minimum absolute atomic E-state index is 0.00141. The van der Waals surface area contributed by atoms with E-state index in [0.717, 1.165) is 18.6 Å². The number of benzene rings is 1. The van der Waals surface area contributed by atoms with E-state index in [1.807, 2.05) is 12.1 Å². The number of hydrogen-bond donors (Lipinski definition) is 3. The maximum atomic E-state index is 12.3. The molecule has 1 aromatic carbocycles. The van der Waals surface area contributed by atoms with Crippen molar-refractivity contribution in [2.45, 2.75) is 49.7 Å². The lowest BCUT2D eigenvalue weighted by molar-refractivity contribution is -0.123. The van der Waals surface area contributed by atoms with Crippen LogP contribution in [0, 0.1) is 0 Å². The lowest BCUT2D eigenvalue weighted by Crippen LogP contribution is -2.46. The molecule has 1 aliphatic carbocycles. The molecule has 0 spiro atoms. The van der Waals surface area contributed by atoms with Gasteiger partial charge in [-0.15, -0.1) is 0 Å². The third-order valence-electron chi connectivity index (χ3n) is 5.27. The first-order valence-corrected chi connectivity index (χ1v) is 8.47. The molecule has 0 bridgehead atoms. The number of ether oxygens (including phenoxy) is 1. The average molecular weight is 318 g/mol. The molecular weight excluding hydrogens is 292 g/mol. The summed E-state index contributed by atoms with van der Waals surface area (Å²) < 4.78 is 5.35. The largest absolute Gasteiger partial charge is 0.497 e. The summed E-state index contributed by atoms with van der Waals surface area (Å²) in [5.74, 6) is 0.858. The molecule has 1 saturated carbocycles. The lowest BCUT2D eigenvalue weighted by atomic mass is 9.78. The summed E-state index contributed by atoms with van der Waals surface area (Å²) in [7, 11) is 1.68. The Balaban J connectivity index is 1.70. The summed E-state index contributed by atoms with van der Waals surface area (Å²) in [6.45, 7) is 1.15. The van der Waals surface area contributed by atoms with Gasteiger partial charge < -0.3 is 20.5 Å². The number of aliphatic hydroxyl groups is 1. The van der Waals surface area contributed by atoms with Crippen molar-refractivity contribution < 1.29 is 14.6 Å². The monoisotopic (exact) mass is 318 g/mol. The molecule has 2 fully saturated rings. The second-order valence-electron chi connectivity index (χ2n) is 6.79. The smallest absolute Gasteiger partial charge is 0.237 e. The van der Waals surface area contributed by atoms with Gasteiger partial charge in [-0.1, -0.05) is 25.0 Å². The van der Waals surface area contributed by atoms with Crippen LogP contribution in [-0.2, 0) is 10.2 Å². The summed E-state index contributed by atoms with van der Waals surface area (Å²) in [6, 6.07) is 7.93. The Bertz CT molecular complexity index is 555. The van der Waals surface area contributed by atoms with Crippen LogP contribution in [-0.4, -0.2) is 43.4 Å². The predicted molar refractivity (Wildman–Crippen MR) is 88.6 cm³/mol. The van der Waals surface area contributed by atoms with Gasteiger partial charge in [0, 0.05) is 18.5 Å². The predicted octanol–water partition coefficient (Wildman–Crippen LogP) is 1.35. The van der Waals surface area contributed by atoms with E-state index in [2.05, 4.69) is 22.8 Å². The number of aliphatic hydroxyl groups excluding tert-OH is 1. The second-order valence-corrected chi connectivity index (χ2v) is 6.79. The lowest BCUT2D eigenvalue weighted by Gasteiger charge is -2.31. The molecule has 1 aromatic rings. The highest BCUT2D eigenvalue weighted by Crippen LogP contribution is 2.41. The molecule has 3 rings (SSSR count). The number of hydrogen-bond acceptors (Lipinski definition) is 4. The van der Waals surface area contributed by atoms with E-state index in [-0.39, 0.29) is 17.4 Å². The van der Waals surface area contributed by atoms with Gasteiger partial charge in [-0.05, 0) is 37.0 Å². The highest BCUT2D eigenvalue weighted by Gasteiger charge is 2.37. The summed E-state index contributed by atoms with van der Waals surface area (Å²) in [4.78, 5) is 12.3. The Kier molecular flexibility index (Phi) is 4.87. The minimum Gasteiger partial charge on any atom is -0.497 e. The Morgan fingerprint density at radius 1 is 1.43 bits per heavy atom. The van der Waals surface area contributed by atoms with Crippen LogP contribution in [0.1, 0.15) is 37.7 Å². The fraction of sp³-hybridized carbons (Fsp3) is 0.611. The Labute approximate surface area is 137 Å². The van der Waals surface area contributed by atoms with Gasteiger partial charge in [-0.25, -0.2) is 0 Å². The number of rotatable bonds is 5. The van der Waals surface area contributed by atoms with E-state index in [1.165, 1.54) is 18.4 Å². The maximum absolute atomic E-state index is 12.3. The maximum Gasteiger partial charge on any atom is 0.237 e. The normalized spacial score (nSPS) is 26.2. The topological polar surface area (TPSA) is 70.6 Å². The van der Waals surface area contributed by atoms with E-state index in [4.69, 9.17) is 4.74 Å². The molecule has 126 valence electrons. The number of methoxy groups -OCH3 is 1. The molecule has 2 aliphatic rings. The first kappa shape index (κ1) is 16.3. The molecule has 3 N–H and O–H groups in total. The number of nitrogens with one attached hydrogen (secondary N) is 2. The molecule has 2 unspecified atom stereocenters. The zero-order valence-corrected chi connectivity index (χ0v) is 13.7. The van der Waals surface area contributed by atoms with Gasteiger partial charge in [0.1, 0.15) is 5.75 Å². The van der Waals surface area contributed by atoms with Crippen molar-refractivity contribution in [1.29, 1.82) is 0 Å². The number of carbonyl (C=O) groups is 1. The van der Waals surface area contributed by atoms with Gasteiger partial charge in [0.25, 0.3) is 0 Å².